The third-order valence-electron chi connectivity index (χ3n) is 5.70. The van der Waals surface area contributed by atoms with Gasteiger partial charge in [0.25, 0.3) is 5.91 Å². The number of nitrogens with one attached hydrogen (secondary N) is 2. The fourth-order valence-corrected chi connectivity index (χ4v) is 4.61. The van der Waals surface area contributed by atoms with Gasteiger partial charge in [-0.2, -0.15) is 0 Å². The molecule has 1 amide bonds. The SMILES string of the molecule is CN[C@H](C[C@H](OC(C)=O)c1nc(C(=O)N[C@@H](Cc2ccccc2)C[C@H](C)C(=O)O)cs1)C(C)C. The number of carboxylic acid groups (broad SMARTS) is 1. The molecule has 2 rings (SSSR count). The average molecular weight is 490 g/mol. The number of ether oxygens (including phenoxy) is 1. The normalized spacial score (nSPS) is 14.8. The van der Waals surface area contributed by atoms with Crippen molar-refractivity contribution in [3.8, 4) is 0 Å². The van der Waals surface area contributed by atoms with E-state index in [1.165, 1.54) is 18.3 Å². The van der Waals surface area contributed by atoms with Gasteiger partial charge in [0.2, 0.25) is 0 Å². The lowest BCUT2D eigenvalue weighted by atomic mass is 9.96. The lowest BCUT2D eigenvalue weighted by molar-refractivity contribution is -0.147. The van der Waals surface area contributed by atoms with Crippen molar-refractivity contribution in [3.05, 3.63) is 52.0 Å². The molecule has 0 unspecified atom stereocenters. The highest BCUT2D eigenvalue weighted by molar-refractivity contribution is 7.09. The second-order valence-corrected chi connectivity index (χ2v) is 9.77. The van der Waals surface area contributed by atoms with E-state index < -0.39 is 24.0 Å². The Balaban J connectivity index is 2.18. The minimum atomic E-state index is -0.906. The van der Waals surface area contributed by atoms with Gasteiger partial charge in [0.15, 0.2) is 6.10 Å². The summed E-state index contributed by atoms with van der Waals surface area (Å²) in [5, 5.41) is 17.7. The van der Waals surface area contributed by atoms with Crippen LogP contribution in [0.4, 0.5) is 0 Å². The molecular formula is C25H35N3O5S. The van der Waals surface area contributed by atoms with E-state index >= 15 is 0 Å². The fourth-order valence-electron chi connectivity index (χ4n) is 3.77. The number of nitrogens with zero attached hydrogens (tertiary/aromatic N) is 1. The van der Waals surface area contributed by atoms with Gasteiger partial charge < -0.3 is 20.5 Å². The average Bonchev–Trinajstić information content (AvgIpc) is 3.27. The first-order valence-electron chi connectivity index (χ1n) is 11.5. The Morgan fingerprint density at radius 2 is 1.79 bits per heavy atom. The lowest BCUT2D eigenvalue weighted by Gasteiger charge is -2.24. The smallest absolute Gasteiger partial charge is 0.306 e. The summed E-state index contributed by atoms with van der Waals surface area (Å²) >= 11 is 1.27. The Bertz CT molecular complexity index is 947. The number of thiazole rings is 1. The maximum atomic E-state index is 13.0. The Kier molecular flexibility index (Phi) is 10.7. The lowest BCUT2D eigenvalue weighted by Crippen LogP contribution is -2.38. The Morgan fingerprint density at radius 1 is 1.12 bits per heavy atom. The first kappa shape index (κ1) is 27.5. The van der Waals surface area contributed by atoms with Gasteiger partial charge in [-0.1, -0.05) is 51.1 Å². The van der Waals surface area contributed by atoms with Crippen LogP contribution in [0.3, 0.4) is 0 Å². The number of aliphatic carboxylic acids is 1. The molecule has 0 spiro atoms. The van der Waals surface area contributed by atoms with Gasteiger partial charge in [-0.25, -0.2) is 4.98 Å². The summed E-state index contributed by atoms with van der Waals surface area (Å²) in [6, 6.07) is 9.36. The summed E-state index contributed by atoms with van der Waals surface area (Å²) in [4.78, 5) is 40.6. The van der Waals surface area contributed by atoms with E-state index in [1.54, 1.807) is 12.3 Å². The maximum absolute atomic E-state index is 13.0. The Labute approximate surface area is 205 Å². The zero-order valence-corrected chi connectivity index (χ0v) is 21.2. The minimum absolute atomic E-state index is 0.110. The molecule has 9 heteroatoms. The van der Waals surface area contributed by atoms with Crippen molar-refractivity contribution >= 4 is 29.2 Å². The standard InChI is InChI=1S/C25H35N3O5S/c1-15(2)20(26-5)13-22(33-17(4)29)24-28-21(14-34-24)23(30)27-19(11-16(3)25(31)32)12-18-9-7-6-8-10-18/h6-10,14-16,19-20,22,26H,11-13H2,1-5H3,(H,27,30)(H,31,32)/t16-,19+,20+,22-/m0/s1. The van der Waals surface area contributed by atoms with Gasteiger partial charge in [0.05, 0.1) is 5.92 Å². The largest absolute Gasteiger partial charge is 0.481 e. The molecule has 0 aliphatic heterocycles. The molecule has 0 fully saturated rings. The van der Waals surface area contributed by atoms with Crippen LogP contribution in [-0.4, -0.2) is 47.1 Å². The molecule has 34 heavy (non-hydrogen) atoms. The van der Waals surface area contributed by atoms with Crippen molar-refractivity contribution in [1.29, 1.82) is 0 Å². The van der Waals surface area contributed by atoms with Crippen molar-refractivity contribution in [1.82, 2.24) is 15.6 Å². The topological polar surface area (TPSA) is 118 Å². The van der Waals surface area contributed by atoms with Crippen molar-refractivity contribution in [2.75, 3.05) is 7.05 Å². The molecule has 2 aromatic rings. The summed E-state index contributed by atoms with van der Waals surface area (Å²) in [6.07, 6.45) is 0.780. The van der Waals surface area contributed by atoms with Crippen molar-refractivity contribution in [3.63, 3.8) is 0 Å². The molecule has 0 saturated heterocycles. The van der Waals surface area contributed by atoms with Crippen LogP contribution in [0.5, 0.6) is 0 Å². The molecule has 1 heterocycles. The molecule has 3 N–H and O–H groups in total. The number of carboxylic acids is 1. The maximum Gasteiger partial charge on any atom is 0.306 e. The second-order valence-electron chi connectivity index (χ2n) is 8.88. The van der Waals surface area contributed by atoms with Crippen LogP contribution in [0.25, 0.3) is 0 Å². The van der Waals surface area contributed by atoms with Crippen LogP contribution in [0.1, 0.15) is 67.7 Å². The van der Waals surface area contributed by atoms with Gasteiger partial charge in [0.1, 0.15) is 10.7 Å². The van der Waals surface area contributed by atoms with Crippen LogP contribution < -0.4 is 10.6 Å². The first-order chi connectivity index (χ1) is 16.1. The summed E-state index contributed by atoms with van der Waals surface area (Å²) in [5.41, 5.74) is 1.23. The zero-order chi connectivity index (χ0) is 25.3. The number of benzene rings is 1. The van der Waals surface area contributed by atoms with Crippen LogP contribution in [-0.2, 0) is 20.7 Å². The Morgan fingerprint density at radius 3 is 2.35 bits per heavy atom. The predicted molar refractivity (Wildman–Crippen MR) is 132 cm³/mol. The summed E-state index contributed by atoms with van der Waals surface area (Å²) in [5.74, 6) is -1.98. The van der Waals surface area contributed by atoms with E-state index in [0.29, 0.717) is 30.2 Å². The number of carbonyl (C=O) groups is 3. The summed E-state index contributed by atoms with van der Waals surface area (Å²) in [6.45, 7) is 7.15. The van der Waals surface area contributed by atoms with E-state index in [-0.39, 0.29) is 23.7 Å². The van der Waals surface area contributed by atoms with Gasteiger partial charge >= 0.3 is 11.9 Å². The number of rotatable bonds is 13. The van der Waals surface area contributed by atoms with Crippen LogP contribution in [0, 0.1) is 11.8 Å². The van der Waals surface area contributed by atoms with Crippen LogP contribution >= 0.6 is 11.3 Å². The van der Waals surface area contributed by atoms with E-state index in [9.17, 15) is 19.5 Å². The number of amides is 1. The molecule has 1 aromatic heterocycles. The van der Waals surface area contributed by atoms with Crippen molar-refractivity contribution in [2.24, 2.45) is 11.8 Å². The molecular weight excluding hydrogens is 454 g/mol. The van der Waals surface area contributed by atoms with E-state index in [4.69, 9.17) is 4.74 Å². The molecule has 1 aromatic carbocycles. The van der Waals surface area contributed by atoms with E-state index in [0.717, 1.165) is 5.56 Å². The van der Waals surface area contributed by atoms with Crippen LogP contribution in [0.2, 0.25) is 0 Å². The van der Waals surface area contributed by atoms with Gasteiger partial charge in [-0.15, -0.1) is 11.3 Å². The third-order valence-corrected chi connectivity index (χ3v) is 6.64. The molecule has 4 atom stereocenters. The number of hydrogen-bond acceptors (Lipinski definition) is 7. The molecule has 8 nitrogen and oxygen atoms in total. The number of aromatic nitrogens is 1. The van der Waals surface area contributed by atoms with Crippen LogP contribution in [0.15, 0.2) is 35.7 Å². The van der Waals surface area contributed by atoms with Crippen molar-refractivity contribution in [2.45, 2.75) is 65.1 Å². The molecule has 0 aliphatic rings. The Hall–Kier alpha value is -2.78. The zero-order valence-electron chi connectivity index (χ0n) is 20.4. The molecule has 186 valence electrons. The fraction of sp³-hybridized carbons (Fsp3) is 0.520. The molecule has 0 radical (unpaired) electrons. The van der Waals surface area contributed by atoms with Crippen molar-refractivity contribution < 1.29 is 24.2 Å². The highest BCUT2D eigenvalue weighted by Crippen LogP contribution is 2.28. The number of carbonyl (C=O) groups excluding carboxylic acids is 2. The highest BCUT2D eigenvalue weighted by atomic mass is 32.1. The van der Waals surface area contributed by atoms with Gasteiger partial charge in [-0.05, 0) is 31.4 Å². The second kappa shape index (κ2) is 13.2. The minimum Gasteiger partial charge on any atom is -0.481 e. The molecule has 0 aliphatic carbocycles. The number of esters is 1. The summed E-state index contributed by atoms with van der Waals surface area (Å²) < 4.78 is 5.52. The monoisotopic (exact) mass is 489 g/mol. The van der Waals surface area contributed by atoms with E-state index in [1.807, 2.05) is 37.4 Å². The number of hydrogen-bond donors (Lipinski definition) is 3. The first-order valence-corrected chi connectivity index (χ1v) is 12.4. The predicted octanol–water partition coefficient (Wildman–Crippen LogP) is 3.83. The summed E-state index contributed by atoms with van der Waals surface area (Å²) in [7, 11) is 1.86. The van der Waals surface area contributed by atoms with E-state index in [2.05, 4.69) is 29.5 Å². The molecule has 0 bridgehead atoms. The molecule has 0 saturated carbocycles. The highest BCUT2D eigenvalue weighted by Gasteiger charge is 2.27. The quantitative estimate of drug-likeness (QED) is 0.366. The van der Waals surface area contributed by atoms with Gasteiger partial charge in [-0.3, -0.25) is 14.4 Å². The van der Waals surface area contributed by atoms with Gasteiger partial charge in [0, 0.05) is 30.8 Å². The third kappa shape index (κ3) is 8.53.